The molecule has 1 radical (unpaired) electrons. The Balaban J connectivity index is 1.93. The van der Waals surface area contributed by atoms with Crippen LogP contribution in [0.15, 0.2) is 45.7 Å². The van der Waals surface area contributed by atoms with Crippen molar-refractivity contribution in [3.63, 3.8) is 0 Å². The first-order valence-corrected chi connectivity index (χ1v) is 7.70. The van der Waals surface area contributed by atoms with Gasteiger partial charge in [-0.3, -0.25) is 0 Å². The zero-order valence-electron chi connectivity index (χ0n) is 10.2. The molecule has 0 atom stereocenters. The number of hydrogen-bond donors (Lipinski definition) is 0. The molecule has 99 valence electrons. The first-order valence-electron chi connectivity index (χ1n) is 5.79. The quantitative estimate of drug-likeness (QED) is 0.624. The fourth-order valence-corrected chi connectivity index (χ4v) is 2.36. The molecular formula is C14H8Br2N3O. The van der Waals surface area contributed by atoms with E-state index in [-0.39, 0.29) is 0 Å². The summed E-state index contributed by atoms with van der Waals surface area (Å²) in [6.07, 6.45) is 4.35. The Hall–Kier alpha value is -1.53. The minimum atomic E-state index is 0.523. The average Bonchev–Trinajstić information content (AvgIpc) is 2.97. The molecule has 4 nitrogen and oxygen atoms in total. The predicted octanol–water partition coefficient (Wildman–Crippen LogP) is 4.26. The molecule has 3 rings (SSSR count). The smallest absolute Gasteiger partial charge is 0.188 e. The van der Waals surface area contributed by atoms with Gasteiger partial charge >= 0.3 is 0 Å². The topological polar surface area (TPSA) is 51.8 Å². The van der Waals surface area contributed by atoms with E-state index in [9.17, 15) is 0 Å². The highest BCUT2D eigenvalue weighted by Gasteiger charge is 2.10. The Kier molecular flexibility index (Phi) is 3.93. The largest absolute Gasteiger partial charge is 0.354 e. The molecule has 0 spiro atoms. The molecule has 2 heterocycles. The van der Waals surface area contributed by atoms with Crippen LogP contribution in [0.4, 0.5) is 0 Å². The van der Waals surface area contributed by atoms with E-state index in [1.807, 2.05) is 30.3 Å². The van der Waals surface area contributed by atoms with Gasteiger partial charge in [0.25, 0.3) is 0 Å². The van der Waals surface area contributed by atoms with Crippen molar-refractivity contribution in [1.82, 2.24) is 15.1 Å². The molecule has 20 heavy (non-hydrogen) atoms. The zero-order valence-corrected chi connectivity index (χ0v) is 13.3. The van der Waals surface area contributed by atoms with E-state index in [0.29, 0.717) is 16.1 Å². The van der Waals surface area contributed by atoms with Crippen LogP contribution in [0, 0.1) is 6.20 Å². The van der Waals surface area contributed by atoms with Crippen molar-refractivity contribution in [1.29, 1.82) is 0 Å². The Labute approximate surface area is 132 Å². The van der Waals surface area contributed by atoms with E-state index < -0.39 is 0 Å². The standard InChI is InChI=1S/C14H8Br2N3O/c15-6-9-1-3-10(4-2-9)11-5-13(20-19-11)12-7-17-8-14(16)18-12/h1-5,8H,6H2. The Bertz CT molecular complexity index is 725. The molecule has 0 saturated carbocycles. The molecule has 6 heteroatoms. The highest BCUT2D eigenvalue weighted by Crippen LogP contribution is 2.25. The molecule has 0 bridgehead atoms. The summed E-state index contributed by atoms with van der Waals surface area (Å²) in [6, 6.07) is 9.94. The lowest BCUT2D eigenvalue weighted by molar-refractivity contribution is 0.433. The van der Waals surface area contributed by atoms with Crippen LogP contribution < -0.4 is 0 Å². The molecule has 0 aliphatic rings. The summed E-state index contributed by atoms with van der Waals surface area (Å²) < 4.78 is 5.93. The third kappa shape index (κ3) is 2.81. The number of nitrogens with zero attached hydrogens (tertiary/aromatic N) is 3. The van der Waals surface area contributed by atoms with E-state index in [2.05, 4.69) is 53.2 Å². The summed E-state index contributed by atoms with van der Waals surface area (Å²) in [5, 5.41) is 4.89. The summed E-state index contributed by atoms with van der Waals surface area (Å²) in [5.74, 6) is 0.540. The van der Waals surface area contributed by atoms with Gasteiger partial charge in [0.1, 0.15) is 22.2 Å². The molecule has 0 amide bonds. The number of rotatable bonds is 3. The van der Waals surface area contributed by atoms with E-state index in [1.54, 1.807) is 6.20 Å². The molecule has 0 aliphatic heterocycles. The molecule has 0 fully saturated rings. The molecule has 1 aromatic carbocycles. The maximum absolute atomic E-state index is 5.30. The summed E-state index contributed by atoms with van der Waals surface area (Å²) in [6.45, 7) is 0. The summed E-state index contributed by atoms with van der Waals surface area (Å²) in [7, 11) is 0. The van der Waals surface area contributed by atoms with Gasteiger partial charge < -0.3 is 4.52 Å². The van der Waals surface area contributed by atoms with Crippen molar-refractivity contribution in [3.05, 3.63) is 52.9 Å². The van der Waals surface area contributed by atoms with E-state index in [1.165, 1.54) is 5.56 Å². The van der Waals surface area contributed by atoms with Gasteiger partial charge in [0.05, 0.1) is 6.20 Å². The van der Waals surface area contributed by atoms with Gasteiger partial charge in [0.2, 0.25) is 0 Å². The minimum absolute atomic E-state index is 0.523. The number of hydrogen-bond acceptors (Lipinski definition) is 4. The van der Waals surface area contributed by atoms with Crippen LogP contribution >= 0.6 is 31.9 Å². The van der Waals surface area contributed by atoms with Gasteiger partial charge in [-0.2, -0.15) is 0 Å². The van der Waals surface area contributed by atoms with Crippen LogP contribution in [0.2, 0.25) is 0 Å². The lowest BCUT2D eigenvalue weighted by atomic mass is 10.1. The van der Waals surface area contributed by atoms with Gasteiger partial charge in [-0.1, -0.05) is 45.4 Å². The van der Waals surface area contributed by atoms with Crippen LogP contribution in [0.3, 0.4) is 0 Å². The van der Waals surface area contributed by atoms with Crippen molar-refractivity contribution in [2.24, 2.45) is 0 Å². The highest BCUT2D eigenvalue weighted by molar-refractivity contribution is 9.10. The van der Waals surface area contributed by atoms with E-state index in [4.69, 9.17) is 4.52 Å². The fourth-order valence-electron chi connectivity index (χ4n) is 1.71. The molecule has 0 saturated heterocycles. The first-order chi connectivity index (χ1) is 9.76. The van der Waals surface area contributed by atoms with Crippen LogP contribution in [0.25, 0.3) is 22.7 Å². The average molecular weight is 394 g/mol. The van der Waals surface area contributed by atoms with Gasteiger partial charge in [-0.05, 0) is 21.5 Å². The van der Waals surface area contributed by atoms with Crippen LogP contribution in [-0.2, 0) is 5.33 Å². The van der Waals surface area contributed by atoms with Crippen molar-refractivity contribution >= 4 is 31.9 Å². The summed E-state index contributed by atoms with van der Waals surface area (Å²) in [5.41, 5.74) is 3.49. The van der Waals surface area contributed by atoms with Crippen LogP contribution in [0.5, 0.6) is 0 Å². The number of aromatic nitrogens is 3. The van der Waals surface area contributed by atoms with Gasteiger partial charge in [0.15, 0.2) is 5.76 Å². The van der Waals surface area contributed by atoms with Gasteiger partial charge in [-0.25, -0.2) is 9.97 Å². The molecule has 0 N–H and O–H groups in total. The fraction of sp³-hybridized carbons (Fsp3) is 0.0714. The van der Waals surface area contributed by atoms with Gasteiger partial charge in [0, 0.05) is 17.0 Å². The Morgan fingerprint density at radius 1 is 1.20 bits per heavy atom. The van der Waals surface area contributed by atoms with E-state index >= 15 is 0 Å². The third-order valence-corrected chi connectivity index (χ3v) is 3.74. The molecule has 0 aliphatic carbocycles. The van der Waals surface area contributed by atoms with Gasteiger partial charge in [-0.15, -0.1) is 0 Å². The normalized spacial score (nSPS) is 10.7. The second kappa shape index (κ2) is 5.85. The summed E-state index contributed by atoms with van der Waals surface area (Å²) >= 11 is 6.69. The lowest BCUT2D eigenvalue weighted by Crippen LogP contribution is -1.84. The van der Waals surface area contributed by atoms with Crippen molar-refractivity contribution in [3.8, 4) is 22.7 Å². The lowest BCUT2D eigenvalue weighted by Gasteiger charge is -1.97. The molecule has 0 unspecified atom stereocenters. The second-order valence-corrected chi connectivity index (χ2v) is 5.43. The van der Waals surface area contributed by atoms with Crippen molar-refractivity contribution in [2.45, 2.75) is 5.33 Å². The van der Waals surface area contributed by atoms with Crippen LogP contribution in [0.1, 0.15) is 5.56 Å². The first kappa shape index (κ1) is 13.5. The monoisotopic (exact) mass is 392 g/mol. The predicted molar refractivity (Wildman–Crippen MR) is 82.1 cm³/mol. The molecular weight excluding hydrogens is 386 g/mol. The van der Waals surface area contributed by atoms with Crippen LogP contribution in [-0.4, -0.2) is 15.1 Å². The Morgan fingerprint density at radius 2 is 2.00 bits per heavy atom. The number of benzene rings is 1. The van der Waals surface area contributed by atoms with E-state index in [0.717, 1.165) is 16.6 Å². The van der Waals surface area contributed by atoms with Crippen molar-refractivity contribution < 1.29 is 4.52 Å². The third-order valence-electron chi connectivity index (χ3n) is 2.71. The SMILES string of the molecule is BrCc1ccc(-c2cc(-c3[c]ncc(Br)n3)on2)cc1. The summed E-state index contributed by atoms with van der Waals surface area (Å²) in [4.78, 5) is 8.17. The molecule has 3 aromatic rings. The maximum Gasteiger partial charge on any atom is 0.188 e. The molecule has 2 aromatic heterocycles. The number of alkyl halides is 1. The number of halogens is 2. The van der Waals surface area contributed by atoms with Crippen molar-refractivity contribution in [2.75, 3.05) is 0 Å². The maximum atomic E-state index is 5.30. The highest BCUT2D eigenvalue weighted by atomic mass is 79.9. The second-order valence-electron chi connectivity index (χ2n) is 4.06. The Morgan fingerprint density at radius 3 is 2.70 bits per heavy atom. The minimum Gasteiger partial charge on any atom is -0.354 e. The zero-order chi connectivity index (χ0) is 13.9.